The van der Waals surface area contributed by atoms with Crippen LogP contribution >= 0.6 is 0 Å². The quantitative estimate of drug-likeness (QED) is 0.807. The van der Waals surface area contributed by atoms with E-state index in [9.17, 15) is 19.8 Å². The second kappa shape index (κ2) is 5.62. The minimum Gasteiger partial charge on any atom is -0.393 e. The molecule has 4 aliphatic carbocycles. The Bertz CT molecular complexity index is 677. The van der Waals surface area contributed by atoms with Crippen LogP contribution in [0.25, 0.3) is 0 Å². The first kappa shape index (κ1) is 17.2. The number of ketones is 2. The fourth-order valence-electron chi connectivity index (χ4n) is 6.96. The zero-order chi connectivity index (χ0) is 18.0. The van der Waals surface area contributed by atoms with Gasteiger partial charge in [0.2, 0.25) is 0 Å². The molecule has 0 aliphatic heterocycles. The van der Waals surface area contributed by atoms with Gasteiger partial charge in [0.15, 0.2) is 11.6 Å². The second-order valence-electron chi connectivity index (χ2n) is 9.05. The Morgan fingerprint density at radius 3 is 2.76 bits per heavy atom. The number of Topliss-reactive ketones (excluding diaryl/α,β-unsaturated/α-hetero) is 1. The van der Waals surface area contributed by atoms with Crippen molar-refractivity contribution in [3.63, 3.8) is 0 Å². The first-order valence-corrected chi connectivity index (χ1v) is 9.57. The maximum Gasteiger partial charge on any atom is 0.178 e. The molecule has 0 bridgehead atoms. The average Bonchev–Trinajstić information content (AvgIpc) is 2.91. The number of aliphatic hydroxyl groups is 2. The van der Waals surface area contributed by atoms with Crippen LogP contribution in [0.15, 0.2) is 23.8 Å². The normalized spacial score (nSPS) is 48.4. The molecule has 4 aliphatic rings. The van der Waals surface area contributed by atoms with E-state index in [1.807, 2.05) is 6.08 Å². The van der Waals surface area contributed by atoms with E-state index in [-0.39, 0.29) is 34.2 Å². The smallest absolute Gasteiger partial charge is 0.178 e. The maximum atomic E-state index is 12.3. The van der Waals surface area contributed by atoms with Gasteiger partial charge in [-0.1, -0.05) is 25.5 Å². The number of aliphatic hydroxyl groups excluding tert-OH is 2. The first-order valence-electron chi connectivity index (χ1n) is 9.57. The molecule has 0 aromatic rings. The number of carbonyl (C=O) groups is 2. The molecular weight excluding hydrogens is 316 g/mol. The second-order valence-corrected chi connectivity index (χ2v) is 9.05. The summed E-state index contributed by atoms with van der Waals surface area (Å²) < 4.78 is 0. The molecule has 0 aromatic heterocycles. The van der Waals surface area contributed by atoms with Crippen molar-refractivity contribution in [3.05, 3.63) is 23.8 Å². The maximum absolute atomic E-state index is 12.3. The van der Waals surface area contributed by atoms with Gasteiger partial charge in [-0.3, -0.25) is 9.59 Å². The van der Waals surface area contributed by atoms with Crippen LogP contribution in [0.1, 0.15) is 46.0 Å². The summed E-state index contributed by atoms with van der Waals surface area (Å²) in [5, 5.41) is 20.5. The van der Waals surface area contributed by atoms with Gasteiger partial charge in [-0.25, -0.2) is 0 Å². The van der Waals surface area contributed by atoms with E-state index in [1.165, 1.54) is 0 Å². The van der Waals surface area contributed by atoms with Crippen molar-refractivity contribution in [2.75, 3.05) is 6.61 Å². The molecule has 0 aromatic carbocycles. The minimum absolute atomic E-state index is 0.0514. The third-order valence-corrected chi connectivity index (χ3v) is 8.04. The summed E-state index contributed by atoms with van der Waals surface area (Å²) in [5.41, 5.74) is 0.688. The van der Waals surface area contributed by atoms with Gasteiger partial charge in [0, 0.05) is 17.3 Å². The summed E-state index contributed by atoms with van der Waals surface area (Å²) in [6, 6.07) is 0. The van der Waals surface area contributed by atoms with Crippen LogP contribution < -0.4 is 0 Å². The molecule has 3 saturated carbocycles. The highest BCUT2D eigenvalue weighted by Gasteiger charge is 2.62. The highest BCUT2D eigenvalue weighted by molar-refractivity contribution is 6.01. The standard InChI is InChI=1S/C21H28O4/c1-20-8-7-13(23)9-12(20)3-4-14-15-5-6-16(18(25)11-22)21(15,2)10-17(24)19(14)20/h7-9,14-17,19,22,24H,3-6,10-11H2,1-2H3/t14-,15-,16-,17-,19-,20-,21+/m1/s1. The lowest BCUT2D eigenvalue weighted by atomic mass is 9.46. The van der Waals surface area contributed by atoms with Gasteiger partial charge < -0.3 is 10.2 Å². The van der Waals surface area contributed by atoms with Gasteiger partial charge >= 0.3 is 0 Å². The van der Waals surface area contributed by atoms with E-state index in [1.54, 1.807) is 12.2 Å². The van der Waals surface area contributed by atoms with Crippen LogP contribution in [-0.4, -0.2) is 34.5 Å². The molecule has 0 spiro atoms. The molecule has 0 saturated heterocycles. The molecule has 0 radical (unpaired) electrons. The van der Waals surface area contributed by atoms with E-state index in [0.717, 1.165) is 31.3 Å². The fourth-order valence-corrected chi connectivity index (χ4v) is 6.96. The molecule has 25 heavy (non-hydrogen) atoms. The Labute approximate surface area is 149 Å². The average molecular weight is 344 g/mol. The first-order chi connectivity index (χ1) is 11.8. The highest BCUT2D eigenvalue weighted by atomic mass is 16.3. The molecule has 4 rings (SSSR count). The molecule has 3 fully saturated rings. The van der Waals surface area contributed by atoms with Crippen molar-refractivity contribution in [2.24, 2.45) is 34.5 Å². The number of hydrogen-bond donors (Lipinski definition) is 2. The number of rotatable bonds is 2. The molecule has 7 atom stereocenters. The van der Waals surface area contributed by atoms with E-state index in [0.29, 0.717) is 18.3 Å². The summed E-state index contributed by atoms with van der Waals surface area (Å²) in [5.74, 6) is 0.734. The largest absolute Gasteiger partial charge is 0.393 e. The van der Waals surface area contributed by atoms with Crippen molar-refractivity contribution in [2.45, 2.75) is 52.1 Å². The van der Waals surface area contributed by atoms with Crippen LogP contribution in [-0.2, 0) is 9.59 Å². The number of hydrogen-bond acceptors (Lipinski definition) is 4. The number of allylic oxidation sites excluding steroid dienone is 4. The van der Waals surface area contributed by atoms with Gasteiger partial charge in [0.25, 0.3) is 0 Å². The third kappa shape index (κ3) is 2.26. The zero-order valence-electron chi connectivity index (χ0n) is 15.1. The van der Waals surface area contributed by atoms with Gasteiger partial charge in [0.1, 0.15) is 6.61 Å². The van der Waals surface area contributed by atoms with E-state index >= 15 is 0 Å². The summed E-state index contributed by atoms with van der Waals surface area (Å²) in [7, 11) is 0. The Balaban J connectivity index is 1.71. The van der Waals surface area contributed by atoms with Crippen LogP contribution in [0.5, 0.6) is 0 Å². The van der Waals surface area contributed by atoms with Crippen molar-refractivity contribution in [1.82, 2.24) is 0 Å². The molecule has 4 nitrogen and oxygen atoms in total. The molecule has 2 N–H and O–H groups in total. The van der Waals surface area contributed by atoms with Crippen LogP contribution in [0.4, 0.5) is 0 Å². The lowest BCUT2D eigenvalue weighted by Crippen LogP contribution is -2.56. The SMILES string of the molecule is C[C@]12C[C@@H](O)[C@H]3[C@H](CCC4=CC(=O)C=C[C@]43C)[C@H]1CC[C@@H]2C(=O)CO. The van der Waals surface area contributed by atoms with Crippen molar-refractivity contribution in [3.8, 4) is 0 Å². The summed E-state index contributed by atoms with van der Waals surface area (Å²) in [6.45, 7) is 3.92. The van der Waals surface area contributed by atoms with Crippen LogP contribution in [0.3, 0.4) is 0 Å². The molecule has 4 heteroatoms. The third-order valence-electron chi connectivity index (χ3n) is 8.04. The Morgan fingerprint density at radius 2 is 2.04 bits per heavy atom. The van der Waals surface area contributed by atoms with Crippen molar-refractivity contribution in [1.29, 1.82) is 0 Å². The van der Waals surface area contributed by atoms with E-state index < -0.39 is 12.7 Å². The van der Waals surface area contributed by atoms with E-state index in [4.69, 9.17) is 0 Å². The summed E-state index contributed by atoms with van der Waals surface area (Å²) >= 11 is 0. The lowest BCUT2D eigenvalue weighted by Gasteiger charge is -2.58. The van der Waals surface area contributed by atoms with Gasteiger partial charge in [-0.2, -0.15) is 0 Å². The van der Waals surface area contributed by atoms with Crippen molar-refractivity contribution >= 4 is 11.6 Å². The Hall–Kier alpha value is -1.26. The monoisotopic (exact) mass is 344 g/mol. The van der Waals surface area contributed by atoms with Crippen LogP contribution in [0.2, 0.25) is 0 Å². The lowest BCUT2D eigenvalue weighted by molar-refractivity contribution is -0.141. The Kier molecular flexibility index (Phi) is 3.86. The van der Waals surface area contributed by atoms with Crippen molar-refractivity contribution < 1.29 is 19.8 Å². The van der Waals surface area contributed by atoms with Gasteiger partial charge in [-0.15, -0.1) is 0 Å². The predicted molar refractivity (Wildman–Crippen MR) is 93.6 cm³/mol. The van der Waals surface area contributed by atoms with E-state index in [2.05, 4.69) is 13.8 Å². The molecule has 0 heterocycles. The molecule has 136 valence electrons. The fraction of sp³-hybridized carbons (Fsp3) is 0.714. The summed E-state index contributed by atoms with van der Waals surface area (Å²) in [6.07, 6.45) is 9.25. The Morgan fingerprint density at radius 1 is 1.28 bits per heavy atom. The van der Waals surface area contributed by atoms with Gasteiger partial charge in [0.05, 0.1) is 6.10 Å². The molecule has 0 amide bonds. The van der Waals surface area contributed by atoms with Gasteiger partial charge in [-0.05, 0) is 61.5 Å². The highest BCUT2D eigenvalue weighted by Crippen LogP contribution is 2.65. The molecular formula is C21H28O4. The van der Waals surface area contributed by atoms with Crippen LogP contribution in [0, 0.1) is 34.5 Å². The minimum atomic E-state index is -0.482. The predicted octanol–water partition coefficient (Wildman–Crippen LogP) is 2.44. The topological polar surface area (TPSA) is 74.6 Å². The zero-order valence-corrected chi connectivity index (χ0v) is 15.1. The summed E-state index contributed by atoms with van der Waals surface area (Å²) in [4.78, 5) is 24.1. The number of carbonyl (C=O) groups excluding carboxylic acids is 2. The molecule has 0 unspecified atom stereocenters. The number of fused-ring (bicyclic) bond motifs is 5.